The predicted octanol–water partition coefficient (Wildman–Crippen LogP) is 1.97. The van der Waals surface area contributed by atoms with E-state index in [9.17, 15) is 9.59 Å². The number of carbonyl (C=O) groups is 2. The Bertz CT molecular complexity index is 1040. The van der Waals surface area contributed by atoms with Gasteiger partial charge >= 0.3 is 6.03 Å². The Balaban J connectivity index is 1.23. The molecule has 1 unspecified atom stereocenters. The number of methoxy groups -OCH3 is 1. The third-order valence-electron chi connectivity index (χ3n) is 6.38. The number of carbonyl (C=O) groups excluding carboxylic acids is 2. The van der Waals surface area contributed by atoms with Gasteiger partial charge in [-0.25, -0.2) is 9.69 Å². The highest BCUT2D eigenvalue weighted by Gasteiger charge is 2.49. The largest absolute Gasteiger partial charge is 0.497 e. The molecule has 2 aromatic rings. The Morgan fingerprint density at radius 3 is 2.44 bits per heavy atom. The van der Waals surface area contributed by atoms with Gasteiger partial charge in [-0.1, -0.05) is 6.07 Å². The summed E-state index contributed by atoms with van der Waals surface area (Å²) in [6.07, 6.45) is 0. The van der Waals surface area contributed by atoms with Gasteiger partial charge in [-0.15, -0.1) is 0 Å². The molecule has 1 N–H and O–H groups in total. The first kappa shape index (κ1) is 20.4. The van der Waals surface area contributed by atoms with Crippen molar-refractivity contribution in [3.63, 3.8) is 0 Å². The van der Waals surface area contributed by atoms with Crippen LogP contribution in [0.15, 0.2) is 42.5 Å². The van der Waals surface area contributed by atoms with Gasteiger partial charge in [0.15, 0.2) is 11.5 Å². The van der Waals surface area contributed by atoms with Crippen LogP contribution in [-0.4, -0.2) is 68.5 Å². The van der Waals surface area contributed by atoms with Gasteiger partial charge < -0.3 is 24.4 Å². The van der Waals surface area contributed by atoms with Crippen LogP contribution in [0.3, 0.4) is 0 Å². The molecule has 3 aliphatic rings. The van der Waals surface area contributed by atoms with Crippen LogP contribution < -0.4 is 24.4 Å². The van der Waals surface area contributed by atoms with E-state index in [2.05, 4.69) is 15.1 Å². The highest BCUT2D eigenvalue weighted by molar-refractivity contribution is 6.07. The Kier molecular flexibility index (Phi) is 5.05. The van der Waals surface area contributed by atoms with Crippen molar-refractivity contribution < 1.29 is 23.8 Å². The number of fused-ring (bicyclic) bond motifs is 1. The van der Waals surface area contributed by atoms with Gasteiger partial charge in [-0.3, -0.25) is 9.69 Å². The maximum Gasteiger partial charge on any atom is 0.326 e. The van der Waals surface area contributed by atoms with Gasteiger partial charge in [0, 0.05) is 31.9 Å². The lowest BCUT2D eigenvalue weighted by Gasteiger charge is -2.37. The molecule has 1 atom stereocenters. The first-order valence-electron chi connectivity index (χ1n) is 10.6. The molecule has 3 heterocycles. The van der Waals surface area contributed by atoms with Crippen LogP contribution in [0, 0.1) is 0 Å². The lowest BCUT2D eigenvalue weighted by molar-refractivity contribution is -0.132. The van der Waals surface area contributed by atoms with Crippen molar-refractivity contribution >= 4 is 17.6 Å². The Labute approximate surface area is 186 Å². The molecule has 2 fully saturated rings. The highest BCUT2D eigenvalue weighted by Crippen LogP contribution is 2.38. The average molecular weight is 438 g/mol. The number of ether oxygens (including phenoxy) is 3. The number of benzene rings is 2. The van der Waals surface area contributed by atoms with Crippen molar-refractivity contribution in [2.45, 2.75) is 12.5 Å². The minimum absolute atomic E-state index is 0.157. The standard InChI is InChI=1S/C23H26N4O5/c1-23(16-3-8-19-20(13-16)32-15-31-19)21(28)27(22(29)24-23)14-25-9-11-26(12-10-25)17-4-6-18(30-2)7-5-17/h3-8,13H,9-12,14-15H2,1-2H3,(H,24,29). The molecule has 0 saturated carbocycles. The van der Waals surface area contributed by atoms with Crippen molar-refractivity contribution in [1.82, 2.24) is 15.1 Å². The maximum atomic E-state index is 13.3. The second-order valence-corrected chi connectivity index (χ2v) is 8.30. The number of nitrogens with one attached hydrogen (secondary N) is 1. The van der Waals surface area contributed by atoms with Crippen molar-refractivity contribution in [2.24, 2.45) is 0 Å². The van der Waals surface area contributed by atoms with Gasteiger partial charge in [0.05, 0.1) is 13.8 Å². The van der Waals surface area contributed by atoms with E-state index in [4.69, 9.17) is 14.2 Å². The Hall–Kier alpha value is -3.46. The monoisotopic (exact) mass is 438 g/mol. The van der Waals surface area contributed by atoms with Crippen LogP contribution in [-0.2, 0) is 10.3 Å². The summed E-state index contributed by atoms with van der Waals surface area (Å²) in [5, 5.41) is 2.86. The molecule has 9 heteroatoms. The molecule has 32 heavy (non-hydrogen) atoms. The number of rotatable bonds is 5. The molecule has 2 saturated heterocycles. The number of imide groups is 1. The van der Waals surface area contributed by atoms with Gasteiger partial charge in [-0.2, -0.15) is 0 Å². The van der Waals surface area contributed by atoms with E-state index in [1.54, 1.807) is 32.2 Å². The number of hydrogen-bond acceptors (Lipinski definition) is 7. The van der Waals surface area contributed by atoms with Crippen molar-refractivity contribution in [2.75, 3.05) is 51.7 Å². The average Bonchev–Trinajstić information content (AvgIpc) is 3.38. The Morgan fingerprint density at radius 2 is 1.72 bits per heavy atom. The summed E-state index contributed by atoms with van der Waals surface area (Å²) in [7, 11) is 1.65. The maximum absolute atomic E-state index is 13.3. The van der Waals surface area contributed by atoms with Crippen LogP contribution in [0.2, 0.25) is 0 Å². The van der Waals surface area contributed by atoms with Crippen LogP contribution in [0.25, 0.3) is 0 Å². The number of piperazine rings is 1. The van der Waals surface area contributed by atoms with E-state index < -0.39 is 5.54 Å². The quantitative estimate of drug-likeness (QED) is 0.715. The zero-order valence-corrected chi connectivity index (χ0v) is 18.2. The molecule has 0 aromatic heterocycles. The molecule has 3 amide bonds. The molecule has 0 spiro atoms. The fraction of sp³-hybridized carbons (Fsp3) is 0.391. The lowest BCUT2D eigenvalue weighted by Crippen LogP contribution is -2.51. The molecule has 5 rings (SSSR count). The smallest absolute Gasteiger partial charge is 0.326 e. The van der Waals surface area contributed by atoms with Gasteiger partial charge in [-0.05, 0) is 48.9 Å². The summed E-state index contributed by atoms with van der Waals surface area (Å²) >= 11 is 0. The minimum Gasteiger partial charge on any atom is -0.497 e. The molecule has 168 valence electrons. The number of anilines is 1. The van der Waals surface area contributed by atoms with E-state index in [0.29, 0.717) is 17.1 Å². The van der Waals surface area contributed by atoms with Gasteiger partial charge in [0.1, 0.15) is 11.3 Å². The van der Waals surface area contributed by atoms with Crippen molar-refractivity contribution in [3.05, 3.63) is 48.0 Å². The van der Waals surface area contributed by atoms with E-state index in [0.717, 1.165) is 37.6 Å². The van der Waals surface area contributed by atoms with Crippen LogP contribution in [0.4, 0.5) is 10.5 Å². The molecular weight excluding hydrogens is 412 g/mol. The zero-order valence-electron chi connectivity index (χ0n) is 18.2. The summed E-state index contributed by atoms with van der Waals surface area (Å²) in [6, 6.07) is 12.9. The van der Waals surface area contributed by atoms with E-state index in [1.807, 2.05) is 24.3 Å². The van der Waals surface area contributed by atoms with Crippen LogP contribution >= 0.6 is 0 Å². The predicted molar refractivity (Wildman–Crippen MR) is 117 cm³/mol. The second kappa shape index (κ2) is 7.90. The van der Waals surface area contributed by atoms with Crippen molar-refractivity contribution in [1.29, 1.82) is 0 Å². The Morgan fingerprint density at radius 1 is 1.00 bits per heavy atom. The van der Waals surface area contributed by atoms with Gasteiger partial charge in [0.2, 0.25) is 6.79 Å². The molecule has 9 nitrogen and oxygen atoms in total. The fourth-order valence-electron chi connectivity index (χ4n) is 4.37. The summed E-state index contributed by atoms with van der Waals surface area (Å²) in [5.74, 6) is 1.79. The second-order valence-electron chi connectivity index (χ2n) is 8.30. The summed E-state index contributed by atoms with van der Waals surface area (Å²) in [5.41, 5.74) is 0.672. The molecule has 0 bridgehead atoms. The normalized spacial score (nSPS) is 22.9. The summed E-state index contributed by atoms with van der Waals surface area (Å²) in [6.45, 7) is 5.29. The number of nitrogens with zero attached hydrogens (tertiary/aromatic N) is 3. The van der Waals surface area contributed by atoms with E-state index >= 15 is 0 Å². The molecule has 2 aromatic carbocycles. The first-order valence-corrected chi connectivity index (χ1v) is 10.6. The number of urea groups is 1. The molecule has 3 aliphatic heterocycles. The lowest BCUT2D eigenvalue weighted by atomic mass is 9.92. The topological polar surface area (TPSA) is 83.6 Å². The summed E-state index contributed by atoms with van der Waals surface area (Å²) in [4.78, 5) is 31.7. The highest BCUT2D eigenvalue weighted by atomic mass is 16.7. The molecular formula is C23H26N4O5. The van der Waals surface area contributed by atoms with Crippen molar-refractivity contribution in [3.8, 4) is 17.2 Å². The molecule has 0 aliphatic carbocycles. The van der Waals surface area contributed by atoms with Crippen LogP contribution in [0.5, 0.6) is 17.2 Å². The van der Waals surface area contributed by atoms with E-state index in [-0.39, 0.29) is 25.4 Å². The van der Waals surface area contributed by atoms with E-state index in [1.165, 1.54) is 4.90 Å². The fourth-order valence-corrected chi connectivity index (χ4v) is 4.37. The SMILES string of the molecule is COc1ccc(N2CCN(CN3C(=O)NC(C)(c4ccc5c(c4)OCO5)C3=O)CC2)cc1. The third kappa shape index (κ3) is 3.48. The first-order chi connectivity index (χ1) is 15.5. The zero-order chi connectivity index (χ0) is 22.3. The van der Waals surface area contributed by atoms with Crippen LogP contribution in [0.1, 0.15) is 12.5 Å². The summed E-state index contributed by atoms with van der Waals surface area (Å²) < 4.78 is 16.0. The number of hydrogen-bond donors (Lipinski definition) is 1. The third-order valence-corrected chi connectivity index (χ3v) is 6.38. The molecule has 0 radical (unpaired) electrons. The van der Waals surface area contributed by atoms with Gasteiger partial charge in [0.25, 0.3) is 5.91 Å². The number of amides is 3. The minimum atomic E-state index is -1.14.